The molecule has 0 spiro atoms. The van der Waals surface area contributed by atoms with Crippen LogP contribution in [0.15, 0.2) is 84.6 Å². The number of nitrogens with zero attached hydrogens (tertiary/aromatic N) is 2. The molecule has 3 aromatic rings. The van der Waals surface area contributed by atoms with E-state index in [0.717, 1.165) is 11.1 Å². The molecule has 5 heteroatoms. The van der Waals surface area contributed by atoms with E-state index < -0.39 is 0 Å². The molecule has 0 saturated heterocycles. The van der Waals surface area contributed by atoms with Crippen molar-refractivity contribution < 1.29 is 14.3 Å². The summed E-state index contributed by atoms with van der Waals surface area (Å²) in [5, 5.41) is 0. The molecule has 156 valence electrons. The summed E-state index contributed by atoms with van der Waals surface area (Å²) in [6.07, 6.45) is 0. The number of anilines is 1. The molecule has 0 N–H and O–H groups in total. The Morgan fingerprint density at radius 1 is 0.839 bits per heavy atom. The van der Waals surface area contributed by atoms with Crippen molar-refractivity contribution in [3.63, 3.8) is 0 Å². The summed E-state index contributed by atoms with van der Waals surface area (Å²) in [7, 11) is 3.44. The number of methoxy groups -OCH3 is 1. The lowest BCUT2D eigenvalue weighted by Crippen LogP contribution is -2.34. The fourth-order valence-electron chi connectivity index (χ4n) is 3.86. The summed E-state index contributed by atoms with van der Waals surface area (Å²) >= 11 is 0. The summed E-state index contributed by atoms with van der Waals surface area (Å²) in [4.78, 5) is 30.3. The number of aryl methyl sites for hydroxylation is 1. The van der Waals surface area contributed by atoms with E-state index in [-0.39, 0.29) is 11.8 Å². The van der Waals surface area contributed by atoms with Crippen molar-refractivity contribution in [2.45, 2.75) is 13.5 Å². The van der Waals surface area contributed by atoms with Gasteiger partial charge in [0, 0.05) is 13.6 Å². The molecule has 0 fully saturated rings. The van der Waals surface area contributed by atoms with Crippen LogP contribution in [0, 0.1) is 6.92 Å². The first-order chi connectivity index (χ1) is 15.0. The zero-order valence-electron chi connectivity index (χ0n) is 17.8. The fraction of sp³-hybridized carbons (Fsp3) is 0.154. The third-order valence-electron chi connectivity index (χ3n) is 5.44. The predicted octanol–water partition coefficient (Wildman–Crippen LogP) is 4.42. The molecule has 31 heavy (non-hydrogen) atoms. The molecule has 2 amide bonds. The number of rotatable bonds is 6. The quantitative estimate of drug-likeness (QED) is 0.563. The molecule has 1 aliphatic heterocycles. The normalized spacial score (nSPS) is 13.7. The van der Waals surface area contributed by atoms with Crippen molar-refractivity contribution >= 4 is 23.1 Å². The van der Waals surface area contributed by atoms with Crippen molar-refractivity contribution in [1.29, 1.82) is 0 Å². The summed E-state index contributed by atoms with van der Waals surface area (Å²) in [6, 6.07) is 24.5. The van der Waals surface area contributed by atoms with Gasteiger partial charge in [-0.1, -0.05) is 60.7 Å². The standard InChI is InChI=1S/C26H24N2O3/c1-18-9-7-8-12-22(18)28-25(29)23(20-13-15-21(31-3)16-14-20)24(26(28)30)27(2)17-19-10-5-4-6-11-19/h4-16H,17H2,1-3H3. The molecule has 4 rings (SSSR count). The Morgan fingerprint density at radius 3 is 2.13 bits per heavy atom. The zero-order chi connectivity index (χ0) is 22.0. The average Bonchev–Trinajstić information content (AvgIpc) is 3.05. The minimum absolute atomic E-state index is 0.316. The Kier molecular flexibility index (Phi) is 5.58. The third-order valence-corrected chi connectivity index (χ3v) is 5.44. The molecule has 0 saturated carbocycles. The molecule has 0 radical (unpaired) electrons. The van der Waals surface area contributed by atoms with Gasteiger partial charge in [-0.15, -0.1) is 0 Å². The second kappa shape index (κ2) is 8.48. The van der Waals surface area contributed by atoms with E-state index in [1.54, 1.807) is 25.3 Å². The lowest BCUT2D eigenvalue weighted by Gasteiger charge is -2.22. The maximum atomic E-state index is 13.6. The van der Waals surface area contributed by atoms with Crippen molar-refractivity contribution in [2.24, 2.45) is 0 Å². The molecule has 1 heterocycles. The maximum absolute atomic E-state index is 13.6. The highest BCUT2D eigenvalue weighted by Gasteiger charge is 2.42. The summed E-state index contributed by atoms with van der Waals surface area (Å²) in [5.41, 5.74) is 4.00. The van der Waals surface area contributed by atoms with E-state index in [4.69, 9.17) is 4.74 Å². The highest BCUT2D eigenvalue weighted by atomic mass is 16.5. The first kappa shape index (κ1) is 20.4. The van der Waals surface area contributed by atoms with Gasteiger partial charge in [-0.2, -0.15) is 0 Å². The van der Waals surface area contributed by atoms with E-state index >= 15 is 0 Å². The van der Waals surface area contributed by atoms with Gasteiger partial charge in [-0.3, -0.25) is 9.59 Å². The number of imide groups is 1. The Morgan fingerprint density at radius 2 is 1.48 bits per heavy atom. The predicted molar refractivity (Wildman–Crippen MR) is 121 cm³/mol. The van der Waals surface area contributed by atoms with Gasteiger partial charge in [0.15, 0.2) is 0 Å². The number of hydrogen-bond acceptors (Lipinski definition) is 4. The molecular formula is C26H24N2O3. The van der Waals surface area contributed by atoms with Gasteiger partial charge in [-0.05, 0) is 41.8 Å². The van der Waals surface area contributed by atoms with Gasteiger partial charge >= 0.3 is 0 Å². The third kappa shape index (κ3) is 3.82. The SMILES string of the molecule is COc1ccc(C2=C(N(C)Cc3ccccc3)C(=O)N(c3ccccc3C)C2=O)cc1. The van der Waals surface area contributed by atoms with Gasteiger partial charge in [0.1, 0.15) is 11.4 Å². The van der Waals surface area contributed by atoms with Crippen molar-refractivity contribution in [3.05, 3.63) is 101 Å². The minimum atomic E-state index is -0.320. The smallest absolute Gasteiger partial charge is 0.282 e. The van der Waals surface area contributed by atoms with E-state index in [1.807, 2.05) is 79.5 Å². The van der Waals surface area contributed by atoms with E-state index in [1.165, 1.54) is 4.90 Å². The van der Waals surface area contributed by atoms with Gasteiger partial charge < -0.3 is 9.64 Å². The summed E-state index contributed by atoms with van der Waals surface area (Å²) in [5.74, 6) is 0.0546. The van der Waals surface area contributed by atoms with Gasteiger partial charge in [-0.25, -0.2) is 4.90 Å². The first-order valence-corrected chi connectivity index (χ1v) is 10.1. The number of ether oxygens (including phenoxy) is 1. The van der Waals surface area contributed by atoms with Crippen LogP contribution in [0.2, 0.25) is 0 Å². The maximum Gasteiger partial charge on any atom is 0.282 e. The molecule has 0 aliphatic carbocycles. The average molecular weight is 412 g/mol. The second-order valence-electron chi connectivity index (χ2n) is 7.53. The number of hydrogen-bond donors (Lipinski definition) is 0. The molecule has 5 nitrogen and oxygen atoms in total. The largest absolute Gasteiger partial charge is 0.497 e. The van der Waals surface area contributed by atoms with Crippen LogP contribution in [0.25, 0.3) is 5.57 Å². The molecular weight excluding hydrogens is 388 g/mol. The lowest BCUT2D eigenvalue weighted by molar-refractivity contribution is -0.120. The second-order valence-corrected chi connectivity index (χ2v) is 7.53. The highest BCUT2D eigenvalue weighted by molar-refractivity contribution is 6.45. The molecule has 0 atom stereocenters. The highest BCUT2D eigenvalue weighted by Crippen LogP contribution is 2.36. The van der Waals surface area contributed by atoms with Crippen LogP contribution < -0.4 is 9.64 Å². The van der Waals surface area contributed by atoms with E-state index in [9.17, 15) is 9.59 Å². The van der Waals surface area contributed by atoms with E-state index in [2.05, 4.69) is 0 Å². The van der Waals surface area contributed by atoms with Gasteiger partial charge in [0.25, 0.3) is 11.8 Å². The van der Waals surface area contributed by atoms with Crippen LogP contribution in [0.3, 0.4) is 0 Å². The lowest BCUT2D eigenvalue weighted by atomic mass is 10.0. The Bertz CT molecular complexity index is 1150. The van der Waals surface area contributed by atoms with Gasteiger partial charge in [0.05, 0.1) is 18.4 Å². The minimum Gasteiger partial charge on any atom is -0.497 e. The molecule has 0 aromatic heterocycles. The van der Waals surface area contributed by atoms with Crippen LogP contribution in [-0.2, 0) is 16.1 Å². The van der Waals surface area contributed by atoms with Crippen molar-refractivity contribution in [3.8, 4) is 5.75 Å². The van der Waals surface area contributed by atoms with Crippen molar-refractivity contribution in [1.82, 2.24) is 4.90 Å². The van der Waals surface area contributed by atoms with Crippen LogP contribution in [-0.4, -0.2) is 30.9 Å². The molecule has 0 unspecified atom stereocenters. The molecule has 3 aromatic carbocycles. The fourth-order valence-corrected chi connectivity index (χ4v) is 3.86. The summed E-state index contributed by atoms with van der Waals surface area (Å²) < 4.78 is 5.25. The topological polar surface area (TPSA) is 49.9 Å². The van der Waals surface area contributed by atoms with Crippen LogP contribution >= 0.6 is 0 Å². The van der Waals surface area contributed by atoms with E-state index in [0.29, 0.717) is 34.8 Å². The number of amides is 2. The summed E-state index contributed by atoms with van der Waals surface area (Å²) in [6.45, 7) is 2.41. The Labute approximate surface area is 182 Å². The molecule has 1 aliphatic rings. The monoisotopic (exact) mass is 412 g/mol. The van der Waals surface area contributed by atoms with Gasteiger partial charge in [0.2, 0.25) is 0 Å². The Balaban J connectivity index is 1.81. The van der Waals surface area contributed by atoms with Crippen LogP contribution in [0.4, 0.5) is 5.69 Å². The molecule has 0 bridgehead atoms. The Hall–Kier alpha value is -3.86. The number of benzene rings is 3. The number of para-hydroxylation sites is 1. The van der Waals surface area contributed by atoms with Crippen LogP contribution in [0.5, 0.6) is 5.75 Å². The first-order valence-electron chi connectivity index (χ1n) is 10.1. The number of carbonyl (C=O) groups is 2. The number of likely N-dealkylation sites (N-methyl/N-ethyl adjacent to an activating group) is 1. The number of carbonyl (C=O) groups excluding carboxylic acids is 2. The van der Waals surface area contributed by atoms with Crippen molar-refractivity contribution in [2.75, 3.05) is 19.1 Å². The van der Waals surface area contributed by atoms with Crippen LogP contribution in [0.1, 0.15) is 16.7 Å². The zero-order valence-corrected chi connectivity index (χ0v) is 17.8.